The van der Waals surface area contributed by atoms with Crippen molar-refractivity contribution in [2.24, 2.45) is 0 Å². The second kappa shape index (κ2) is 8.84. The smallest absolute Gasteiger partial charge is 0.253 e. The van der Waals surface area contributed by atoms with Crippen molar-refractivity contribution in [2.45, 2.75) is 24.8 Å². The van der Waals surface area contributed by atoms with E-state index in [1.54, 1.807) is 31.0 Å². The Morgan fingerprint density at radius 2 is 1.86 bits per heavy atom. The minimum Gasteiger partial charge on any atom is -0.485 e. The number of benzene rings is 2. The molecule has 3 rings (SSSR count). The monoisotopic (exact) mass is 417 g/mol. The lowest BCUT2D eigenvalue weighted by atomic mass is 10.1. The van der Waals surface area contributed by atoms with Crippen molar-refractivity contribution in [2.75, 3.05) is 38.1 Å². The van der Waals surface area contributed by atoms with Crippen LogP contribution < -0.4 is 14.4 Å². The number of hydrogen-bond donors (Lipinski definition) is 1. The Labute approximate surface area is 172 Å². The summed E-state index contributed by atoms with van der Waals surface area (Å²) in [5, 5.41) is 0. The quantitative estimate of drug-likeness (QED) is 0.748. The molecule has 1 aliphatic heterocycles. The average Bonchev–Trinajstić information content (AvgIpc) is 2.72. The van der Waals surface area contributed by atoms with Crippen molar-refractivity contribution in [1.29, 1.82) is 0 Å². The summed E-state index contributed by atoms with van der Waals surface area (Å²) in [6.45, 7) is 6.11. The number of nitrogens with zero attached hydrogens (tertiary/aromatic N) is 2. The van der Waals surface area contributed by atoms with Crippen LogP contribution in [0.2, 0.25) is 0 Å². The number of amides is 1. The molecular weight excluding hydrogens is 390 g/mol. The van der Waals surface area contributed by atoms with E-state index in [0.717, 1.165) is 18.0 Å². The molecule has 0 spiro atoms. The van der Waals surface area contributed by atoms with Gasteiger partial charge in [0.2, 0.25) is 10.0 Å². The van der Waals surface area contributed by atoms with Crippen molar-refractivity contribution >= 4 is 21.6 Å². The van der Waals surface area contributed by atoms with E-state index in [4.69, 9.17) is 4.74 Å². The van der Waals surface area contributed by atoms with E-state index in [9.17, 15) is 13.2 Å². The van der Waals surface area contributed by atoms with Gasteiger partial charge >= 0.3 is 0 Å². The average molecular weight is 418 g/mol. The van der Waals surface area contributed by atoms with Crippen LogP contribution in [0.25, 0.3) is 0 Å². The van der Waals surface area contributed by atoms with Crippen molar-refractivity contribution in [3.05, 3.63) is 54.1 Å². The molecule has 156 valence electrons. The minimum absolute atomic E-state index is 0.143. The van der Waals surface area contributed by atoms with Crippen LogP contribution in [0, 0.1) is 0 Å². The summed E-state index contributed by atoms with van der Waals surface area (Å²) in [5.74, 6) is 0.646. The molecule has 0 unspecified atom stereocenters. The minimum atomic E-state index is -3.53. The molecule has 1 heterocycles. The molecule has 0 aliphatic carbocycles. The number of likely N-dealkylation sites (N-methyl/N-ethyl adjacent to an activating group) is 2. The third kappa shape index (κ3) is 4.71. The number of carbonyl (C=O) groups excluding carboxylic acids is 1. The molecule has 0 saturated heterocycles. The molecule has 0 bridgehead atoms. The van der Waals surface area contributed by atoms with Gasteiger partial charge in [0, 0.05) is 25.7 Å². The summed E-state index contributed by atoms with van der Waals surface area (Å²) in [6.07, 6.45) is -0.146. The van der Waals surface area contributed by atoms with Crippen LogP contribution in [-0.4, -0.2) is 58.6 Å². The fourth-order valence-electron chi connectivity index (χ4n) is 3.43. The zero-order valence-electron chi connectivity index (χ0n) is 17.0. The van der Waals surface area contributed by atoms with Gasteiger partial charge in [-0.25, -0.2) is 13.1 Å². The predicted octanol–water partition coefficient (Wildman–Crippen LogP) is 2.34. The van der Waals surface area contributed by atoms with E-state index < -0.39 is 10.0 Å². The van der Waals surface area contributed by atoms with Gasteiger partial charge in [0.05, 0.1) is 23.7 Å². The van der Waals surface area contributed by atoms with Crippen LogP contribution in [0.4, 0.5) is 5.69 Å². The first kappa shape index (κ1) is 21.1. The van der Waals surface area contributed by atoms with Gasteiger partial charge < -0.3 is 14.5 Å². The molecule has 1 atom stereocenters. The van der Waals surface area contributed by atoms with Crippen LogP contribution >= 0.6 is 0 Å². The van der Waals surface area contributed by atoms with Gasteiger partial charge in [0.25, 0.3) is 5.91 Å². The maximum atomic E-state index is 12.8. The Bertz CT molecular complexity index is 960. The molecule has 1 aliphatic rings. The largest absolute Gasteiger partial charge is 0.485 e. The second-order valence-electron chi connectivity index (χ2n) is 6.96. The molecule has 0 fully saturated rings. The van der Waals surface area contributed by atoms with Crippen molar-refractivity contribution in [3.63, 3.8) is 0 Å². The number of anilines is 1. The summed E-state index contributed by atoms with van der Waals surface area (Å²) in [5.41, 5.74) is 1.50. The normalized spacial score (nSPS) is 16.1. The van der Waals surface area contributed by atoms with E-state index in [1.807, 2.05) is 24.3 Å². The standard InChI is InChI=1S/C21H27N3O4S/c1-4-22-29(26,27)18-12-10-16(11-13-18)21(25)23(3)14-17-15-24(5-2)19-8-6-7-9-20(19)28-17/h6-13,17,22H,4-5,14-15H2,1-3H3/t17-/m0/s1. The van der Waals surface area contributed by atoms with Gasteiger partial charge in [-0.2, -0.15) is 0 Å². The maximum absolute atomic E-state index is 12.8. The Morgan fingerprint density at radius 3 is 2.52 bits per heavy atom. The number of para-hydroxylation sites is 2. The number of nitrogens with one attached hydrogen (secondary N) is 1. The second-order valence-corrected chi connectivity index (χ2v) is 8.72. The van der Waals surface area contributed by atoms with Gasteiger partial charge in [0.1, 0.15) is 11.9 Å². The van der Waals surface area contributed by atoms with E-state index in [2.05, 4.69) is 16.5 Å². The number of ether oxygens (including phenoxy) is 1. The summed E-state index contributed by atoms with van der Waals surface area (Å²) in [6, 6.07) is 13.9. The first-order valence-electron chi connectivity index (χ1n) is 9.71. The van der Waals surface area contributed by atoms with Gasteiger partial charge in [-0.05, 0) is 43.3 Å². The lowest BCUT2D eigenvalue weighted by molar-refractivity contribution is 0.0709. The number of rotatable bonds is 7. The summed E-state index contributed by atoms with van der Waals surface area (Å²) in [7, 11) is -1.81. The zero-order chi connectivity index (χ0) is 21.0. The molecule has 29 heavy (non-hydrogen) atoms. The maximum Gasteiger partial charge on any atom is 0.253 e. The fraction of sp³-hybridized carbons (Fsp3) is 0.381. The molecular formula is C21H27N3O4S. The van der Waals surface area contributed by atoms with Crippen molar-refractivity contribution in [1.82, 2.24) is 9.62 Å². The summed E-state index contributed by atoms with van der Waals surface area (Å²) in [4.78, 5) is 16.8. The highest BCUT2D eigenvalue weighted by Gasteiger charge is 2.27. The van der Waals surface area contributed by atoms with Crippen LogP contribution in [0.3, 0.4) is 0 Å². The Hall–Kier alpha value is -2.58. The molecule has 0 saturated carbocycles. The van der Waals surface area contributed by atoms with E-state index >= 15 is 0 Å². The lowest BCUT2D eigenvalue weighted by Crippen LogP contribution is -2.46. The fourth-order valence-corrected chi connectivity index (χ4v) is 4.47. The van der Waals surface area contributed by atoms with Crippen molar-refractivity contribution < 1.29 is 17.9 Å². The van der Waals surface area contributed by atoms with Gasteiger partial charge in [0.15, 0.2) is 0 Å². The first-order valence-corrected chi connectivity index (χ1v) is 11.2. The van der Waals surface area contributed by atoms with Gasteiger partial charge in [-0.3, -0.25) is 4.79 Å². The topological polar surface area (TPSA) is 79.0 Å². The van der Waals surface area contributed by atoms with Crippen LogP contribution in [0.5, 0.6) is 5.75 Å². The summed E-state index contributed by atoms with van der Waals surface area (Å²) < 4.78 is 32.6. The highest BCUT2D eigenvalue weighted by atomic mass is 32.2. The van der Waals surface area contributed by atoms with Crippen LogP contribution in [0.15, 0.2) is 53.4 Å². The van der Waals surface area contributed by atoms with E-state index in [-0.39, 0.29) is 16.9 Å². The highest BCUT2D eigenvalue weighted by molar-refractivity contribution is 7.89. The number of hydrogen-bond acceptors (Lipinski definition) is 5. The number of fused-ring (bicyclic) bond motifs is 1. The highest BCUT2D eigenvalue weighted by Crippen LogP contribution is 2.32. The number of sulfonamides is 1. The molecule has 0 aromatic heterocycles. The molecule has 1 amide bonds. The Balaban J connectivity index is 1.68. The Kier molecular flexibility index (Phi) is 6.44. The Morgan fingerprint density at radius 1 is 1.17 bits per heavy atom. The van der Waals surface area contributed by atoms with Crippen LogP contribution in [0.1, 0.15) is 24.2 Å². The number of carbonyl (C=O) groups is 1. The zero-order valence-corrected chi connectivity index (χ0v) is 17.8. The van der Waals surface area contributed by atoms with Crippen LogP contribution in [-0.2, 0) is 10.0 Å². The van der Waals surface area contributed by atoms with E-state index in [0.29, 0.717) is 25.2 Å². The third-order valence-corrected chi connectivity index (χ3v) is 6.44. The van der Waals surface area contributed by atoms with Gasteiger partial charge in [-0.15, -0.1) is 0 Å². The van der Waals surface area contributed by atoms with E-state index in [1.165, 1.54) is 12.1 Å². The summed E-state index contributed by atoms with van der Waals surface area (Å²) >= 11 is 0. The lowest BCUT2D eigenvalue weighted by Gasteiger charge is -2.37. The molecule has 0 radical (unpaired) electrons. The molecule has 2 aromatic rings. The molecule has 1 N–H and O–H groups in total. The molecule has 8 heteroatoms. The molecule has 7 nitrogen and oxygen atoms in total. The molecule has 2 aromatic carbocycles. The van der Waals surface area contributed by atoms with Crippen molar-refractivity contribution in [3.8, 4) is 5.75 Å². The van der Waals surface area contributed by atoms with Gasteiger partial charge in [-0.1, -0.05) is 19.1 Å². The third-order valence-electron chi connectivity index (χ3n) is 4.88. The predicted molar refractivity (Wildman–Crippen MR) is 113 cm³/mol. The SMILES string of the molecule is CCNS(=O)(=O)c1ccc(C(=O)N(C)C[C@H]2CN(CC)c3ccccc3O2)cc1. The first-order chi connectivity index (χ1) is 13.9.